The Morgan fingerprint density at radius 2 is 2.24 bits per heavy atom. The number of nitrogens with one attached hydrogen (secondary N) is 1. The van der Waals surface area contributed by atoms with Gasteiger partial charge in [-0.25, -0.2) is 4.79 Å². The minimum atomic E-state index is -0.589. The van der Waals surface area contributed by atoms with Gasteiger partial charge in [-0.05, 0) is 31.9 Å². The number of carbonyl (C=O) groups is 1. The van der Waals surface area contributed by atoms with Gasteiger partial charge in [0.15, 0.2) is 0 Å². The summed E-state index contributed by atoms with van der Waals surface area (Å²) < 4.78 is 5.07. The number of nitriles is 1. The maximum Gasteiger partial charge on any atom is 0.349 e. The molecule has 0 unspecified atom stereocenters. The number of hydrogen-bond donors (Lipinski definition) is 1. The van der Waals surface area contributed by atoms with Crippen LogP contribution in [-0.2, 0) is 16.0 Å². The molecule has 0 bridgehead atoms. The molecule has 108 valence electrons. The highest BCUT2D eigenvalue weighted by Crippen LogP contribution is 2.24. The monoisotopic (exact) mass is 282 g/mol. The van der Waals surface area contributed by atoms with Gasteiger partial charge in [0.1, 0.15) is 11.6 Å². The van der Waals surface area contributed by atoms with Crippen molar-refractivity contribution in [3.05, 3.63) is 41.1 Å². The van der Waals surface area contributed by atoms with E-state index in [4.69, 9.17) is 10.00 Å². The molecule has 0 fully saturated rings. The fraction of sp³-hybridized carbons (Fsp3) is 0.294. The maximum absolute atomic E-state index is 11.8. The number of H-pyrrole nitrogens is 1. The van der Waals surface area contributed by atoms with E-state index in [0.717, 1.165) is 22.9 Å². The van der Waals surface area contributed by atoms with Crippen molar-refractivity contribution in [2.75, 3.05) is 0 Å². The predicted octanol–water partition coefficient (Wildman–Crippen LogP) is 3.59. The first-order valence-corrected chi connectivity index (χ1v) is 6.98. The number of rotatable bonds is 4. The summed E-state index contributed by atoms with van der Waals surface area (Å²) in [4.78, 5) is 15.1. The highest BCUT2D eigenvalue weighted by molar-refractivity contribution is 6.01. The molecule has 1 heterocycles. The second-order valence-corrected chi connectivity index (χ2v) is 5.06. The summed E-state index contributed by atoms with van der Waals surface area (Å²) in [5.74, 6) is -0.589. The van der Waals surface area contributed by atoms with Crippen LogP contribution in [0.1, 0.15) is 31.9 Å². The molecular formula is C17H18N2O2. The van der Waals surface area contributed by atoms with Crippen LogP contribution in [0.3, 0.4) is 0 Å². The van der Waals surface area contributed by atoms with E-state index >= 15 is 0 Å². The third-order valence-electron chi connectivity index (χ3n) is 3.20. The number of aromatic nitrogens is 1. The Morgan fingerprint density at radius 1 is 1.48 bits per heavy atom. The minimum absolute atomic E-state index is 0.00602. The number of nitrogens with zero attached hydrogens (tertiary/aromatic N) is 1. The van der Waals surface area contributed by atoms with E-state index in [1.807, 2.05) is 24.4 Å². The third kappa shape index (κ3) is 3.14. The summed E-state index contributed by atoms with van der Waals surface area (Å²) >= 11 is 0. The molecule has 0 saturated heterocycles. The van der Waals surface area contributed by atoms with Crippen molar-refractivity contribution in [3.63, 3.8) is 0 Å². The minimum Gasteiger partial charge on any atom is -0.459 e. The van der Waals surface area contributed by atoms with Gasteiger partial charge >= 0.3 is 5.97 Å². The van der Waals surface area contributed by atoms with Gasteiger partial charge in [-0.15, -0.1) is 0 Å². The fourth-order valence-corrected chi connectivity index (χ4v) is 2.22. The third-order valence-corrected chi connectivity index (χ3v) is 3.20. The number of benzene rings is 1. The van der Waals surface area contributed by atoms with Crippen molar-refractivity contribution in [1.82, 2.24) is 4.98 Å². The molecule has 0 aliphatic carbocycles. The van der Waals surface area contributed by atoms with Crippen molar-refractivity contribution >= 4 is 22.9 Å². The molecule has 4 heteroatoms. The first-order valence-electron chi connectivity index (χ1n) is 6.98. The zero-order valence-corrected chi connectivity index (χ0v) is 12.4. The number of carbonyl (C=O) groups excluding carboxylic acids is 1. The number of fused-ring (bicyclic) bond motifs is 1. The van der Waals surface area contributed by atoms with Crippen LogP contribution in [0, 0.1) is 11.3 Å². The lowest BCUT2D eigenvalue weighted by atomic mass is 10.1. The van der Waals surface area contributed by atoms with E-state index in [2.05, 4.69) is 18.0 Å². The Labute approximate surface area is 124 Å². The normalized spacial score (nSPS) is 11.7. The Bertz CT molecular complexity index is 733. The average molecular weight is 282 g/mol. The average Bonchev–Trinajstić information content (AvgIpc) is 2.86. The molecule has 0 spiro atoms. The van der Waals surface area contributed by atoms with Crippen LogP contribution in [0.15, 0.2) is 30.0 Å². The van der Waals surface area contributed by atoms with Crippen LogP contribution < -0.4 is 0 Å². The summed E-state index contributed by atoms with van der Waals surface area (Å²) in [5, 5.41) is 10.2. The van der Waals surface area contributed by atoms with Crippen molar-refractivity contribution in [2.24, 2.45) is 0 Å². The molecule has 0 saturated carbocycles. The quantitative estimate of drug-likeness (QED) is 0.529. The van der Waals surface area contributed by atoms with Gasteiger partial charge < -0.3 is 9.72 Å². The lowest BCUT2D eigenvalue weighted by molar-refractivity contribution is -0.142. The van der Waals surface area contributed by atoms with E-state index in [9.17, 15) is 4.79 Å². The first-order chi connectivity index (χ1) is 10.1. The van der Waals surface area contributed by atoms with Crippen molar-refractivity contribution < 1.29 is 9.53 Å². The second-order valence-electron chi connectivity index (χ2n) is 5.06. The smallest absolute Gasteiger partial charge is 0.349 e. The van der Waals surface area contributed by atoms with Gasteiger partial charge in [0.2, 0.25) is 0 Å². The number of aromatic amines is 1. The van der Waals surface area contributed by atoms with E-state index in [0.29, 0.717) is 0 Å². The first kappa shape index (κ1) is 14.9. The summed E-state index contributed by atoms with van der Waals surface area (Å²) in [6.07, 6.45) is 4.05. The summed E-state index contributed by atoms with van der Waals surface area (Å²) in [5.41, 5.74) is 3.07. The second kappa shape index (κ2) is 6.27. The fourth-order valence-electron chi connectivity index (χ4n) is 2.22. The highest BCUT2D eigenvalue weighted by atomic mass is 16.5. The number of aryl methyl sites for hydroxylation is 1. The molecule has 4 nitrogen and oxygen atoms in total. The van der Waals surface area contributed by atoms with Crippen LogP contribution in [0.4, 0.5) is 0 Å². The summed E-state index contributed by atoms with van der Waals surface area (Å²) in [6.45, 7) is 5.60. The molecule has 0 aliphatic heterocycles. The topological polar surface area (TPSA) is 65.9 Å². The summed E-state index contributed by atoms with van der Waals surface area (Å²) in [6, 6.07) is 7.92. The maximum atomic E-state index is 11.8. The van der Waals surface area contributed by atoms with E-state index < -0.39 is 5.97 Å². The Balaban J connectivity index is 2.44. The van der Waals surface area contributed by atoms with Crippen molar-refractivity contribution in [3.8, 4) is 6.07 Å². The molecule has 1 aromatic heterocycles. The Hall–Kier alpha value is -2.54. The molecule has 1 N–H and O–H groups in total. The van der Waals surface area contributed by atoms with Gasteiger partial charge in [-0.2, -0.15) is 5.26 Å². The van der Waals surface area contributed by atoms with Crippen molar-refractivity contribution in [2.45, 2.75) is 33.3 Å². The zero-order valence-electron chi connectivity index (χ0n) is 12.4. The molecule has 0 atom stereocenters. The SMILES string of the molecule is CCc1cccc2c(/C=C(\C#N)C(=O)OC(C)C)c[nH]c12. The van der Waals surface area contributed by atoms with Crippen LogP contribution in [-0.4, -0.2) is 17.1 Å². The van der Waals surface area contributed by atoms with Gasteiger partial charge in [0.05, 0.1) is 6.10 Å². The molecule has 2 rings (SSSR count). The van der Waals surface area contributed by atoms with E-state index in [1.165, 1.54) is 5.56 Å². The van der Waals surface area contributed by atoms with Crippen LogP contribution in [0.2, 0.25) is 0 Å². The molecule has 2 aromatic rings. The Kier molecular flexibility index (Phi) is 4.44. The number of hydrogen-bond acceptors (Lipinski definition) is 3. The molecule has 0 radical (unpaired) electrons. The highest BCUT2D eigenvalue weighted by Gasteiger charge is 2.14. The van der Waals surface area contributed by atoms with E-state index in [-0.39, 0.29) is 11.7 Å². The van der Waals surface area contributed by atoms with Gasteiger partial charge in [0.25, 0.3) is 0 Å². The van der Waals surface area contributed by atoms with Gasteiger partial charge in [-0.1, -0.05) is 25.1 Å². The molecule has 0 amide bonds. The van der Waals surface area contributed by atoms with Crippen LogP contribution in [0.25, 0.3) is 17.0 Å². The molecule has 1 aromatic carbocycles. The predicted molar refractivity (Wildman–Crippen MR) is 82.5 cm³/mol. The lowest BCUT2D eigenvalue weighted by Gasteiger charge is -2.06. The van der Waals surface area contributed by atoms with E-state index in [1.54, 1.807) is 19.9 Å². The summed E-state index contributed by atoms with van der Waals surface area (Å²) in [7, 11) is 0. The molecular weight excluding hydrogens is 264 g/mol. The number of ether oxygens (including phenoxy) is 1. The number of esters is 1. The van der Waals surface area contributed by atoms with Gasteiger partial charge in [0, 0.05) is 22.7 Å². The standard InChI is InChI=1S/C17H18N2O2/c1-4-12-6-5-7-15-14(10-19-16(12)15)8-13(9-18)17(20)21-11(2)3/h5-8,10-11,19H,4H2,1-3H3/b13-8+. The number of para-hydroxylation sites is 1. The molecule has 21 heavy (non-hydrogen) atoms. The van der Waals surface area contributed by atoms with Crippen LogP contribution >= 0.6 is 0 Å². The Morgan fingerprint density at radius 3 is 2.86 bits per heavy atom. The van der Waals surface area contributed by atoms with Gasteiger partial charge in [-0.3, -0.25) is 0 Å². The molecule has 0 aliphatic rings. The zero-order chi connectivity index (χ0) is 15.4. The van der Waals surface area contributed by atoms with Crippen molar-refractivity contribution in [1.29, 1.82) is 5.26 Å². The largest absolute Gasteiger partial charge is 0.459 e. The lowest BCUT2D eigenvalue weighted by Crippen LogP contribution is -2.12. The van der Waals surface area contributed by atoms with Crippen LogP contribution in [0.5, 0.6) is 0 Å².